The fraction of sp³-hybridized carbons (Fsp3) is 0.350. The molecule has 5 heteroatoms. The number of carbonyl (C=O) groups excluding carboxylic acids is 1. The Bertz CT molecular complexity index is 897. The van der Waals surface area contributed by atoms with E-state index in [1.165, 1.54) is 6.26 Å². The lowest BCUT2D eigenvalue weighted by Gasteiger charge is -2.21. The van der Waals surface area contributed by atoms with Gasteiger partial charge in [0.05, 0.1) is 16.4 Å². The maximum atomic E-state index is 12.8. The van der Waals surface area contributed by atoms with Gasteiger partial charge < -0.3 is 5.32 Å². The van der Waals surface area contributed by atoms with Crippen LogP contribution in [-0.2, 0) is 20.0 Å². The van der Waals surface area contributed by atoms with Gasteiger partial charge in [0, 0.05) is 6.26 Å². The van der Waals surface area contributed by atoms with Crippen molar-refractivity contribution < 1.29 is 13.2 Å². The lowest BCUT2D eigenvalue weighted by Crippen LogP contribution is -2.36. The molecule has 1 N–H and O–H groups in total. The number of nitrogens with one attached hydrogen (secondary N) is 1. The highest BCUT2D eigenvalue weighted by Crippen LogP contribution is 2.48. The fourth-order valence-corrected chi connectivity index (χ4v) is 3.77. The Morgan fingerprint density at radius 3 is 2.28 bits per heavy atom. The zero-order chi connectivity index (χ0) is 18.2. The number of benzene rings is 2. The van der Waals surface area contributed by atoms with Crippen molar-refractivity contribution in [2.24, 2.45) is 0 Å². The Morgan fingerprint density at radius 2 is 1.76 bits per heavy atom. The quantitative estimate of drug-likeness (QED) is 0.893. The smallest absolute Gasteiger partial charge is 0.231 e. The van der Waals surface area contributed by atoms with E-state index in [0.29, 0.717) is 0 Å². The maximum absolute atomic E-state index is 12.8. The number of aryl methyl sites for hydroxylation is 1. The van der Waals surface area contributed by atoms with Crippen molar-refractivity contribution in [2.75, 3.05) is 6.26 Å². The minimum atomic E-state index is -3.21. The average Bonchev–Trinajstić information content (AvgIpc) is 3.36. The van der Waals surface area contributed by atoms with Crippen LogP contribution in [0.5, 0.6) is 0 Å². The van der Waals surface area contributed by atoms with E-state index in [1.54, 1.807) is 24.3 Å². The van der Waals surface area contributed by atoms with E-state index < -0.39 is 15.3 Å². The molecule has 0 aliphatic heterocycles. The van der Waals surface area contributed by atoms with Crippen LogP contribution in [-0.4, -0.2) is 20.6 Å². The van der Waals surface area contributed by atoms with Gasteiger partial charge in [0.1, 0.15) is 0 Å². The third-order valence-corrected chi connectivity index (χ3v) is 6.04. The minimum Gasteiger partial charge on any atom is -0.349 e. The topological polar surface area (TPSA) is 63.2 Å². The van der Waals surface area contributed by atoms with Gasteiger partial charge in [-0.15, -0.1) is 0 Å². The molecule has 0 spiro atoms. The van der Waals surface area contributed by atoms with Crippen LogP contribution >= 0.6 is 0 Å². The molecule has 1 amide bonds. The number of amides is 1. The second kappa shape index (κ2) is 6.30. The molecular formula is C20H23NO3S. The summed E-state index contributed by atoms with van der Waals surface area (Å²) in [6, 6.07) is 14.6. The average molecular weight is 357 g/mol. The first-order chi connectivity index (χ1) is 11.7. The lowest BCUT2D eigenvalue weighted by molar-refractivity contribution is -0.124. The van der Waals surface area contributed by atoms with E-state index >= 15 is 0 Å². The molecule has 1 aliphatic rings. The first kappa shape index (κ1) is 17.7. The highest BCUT2D eigenvalue weighted by molar-refractivity contribution is 7.90. The van der Waals surface area contributed by atoms with E-state index in [2.05, 4.69) is 11.4 Å². The van der Waals surface area contributed by atoms with Gasteiger partial charge in [-0.1, -0.05) is 42.0 Å². The van der Waals surface area contributed by atoms with Gasteiger partial charge in [0.15, 0.2) is 9.84 Å². The van der Waals surface area contributed by atoms with Crippen LogP contribution in [0.15, 0.2) is 53.4 Å². The predicted molar refractivity (Wildman–Crippen MR) is 98.2 cm³/mol. The summed E-state index contributed by atoms with van der Waals surface area (Å²) in [5, 5.41) is 3.09. The molecular weight excluding hydrogens is 334 g/mol. The van der Waals surface area contributed by atoms with E-state index in [-0.39, 0.29) is 16.8 Å². The van der Waals surface area contributed by atoms with Crippen molar-refractivity contribution in [3.8, 4) is 0 Å². The monoisotopic (exact) mass is 357 g/mol. The first-order valence-corrected chi connectivity index (χ1v) is 10.3. The fourth-order valence-electron chi connectivity index (χ4n) is 3.14. The third kappa shape index (κ3) is 3.61. The van der Waals surface area contributed by atoms with Crippen LogP contribution in [0.2, 0.25) is 0 Å². The first-order valence-electron chi connectivity index (χ1n) is 8.40. The summed E-state index contributed by atoms with van der Waals surface area (Å²) >= 11 is 0. The van der Waals surface area contributed by atoms with Crippen LogP contribution in [0.4, 0.5) is 0 Å². The third-order valence-electron chi connectivity index (χ3n) is 4.91. The second-order valence-electron chi connectivity index (χ2n) is 6.99. The number of sulfone groups is 1. The zero-order valence-corrected chi connectivity index (χ0v) is 15.6. The molecule has 0 radical (unpaired) electrons. The van der Waals surface area contributed by atoms with Gasteiger partial charge in [-0.05, 0) is 49.9 Å². The summed E-state index contributed by atoms with van der Waals surface area (Å²) in [5.41, 5.74) is 2.71. The summed E-state index contributed by atoms with van der Waals surface area (Å²) in [5.74, 6) is 0.0396. The molecule has 2 aromatic carbocycles. The van der Waals surface area contributed by atoms with Crippen molar-refractivity contribution in [1.29, 1.82) is 0 Å². The molecule has 132 valence electrons. The van der Waals surface area contributed by atoms with Gasteiger partial charge in [-0.3, -0.25) is 4.79 Å². The summed E-state index contributed by atoms with van der Waals surface area (Å²) in [6.07, 6.45) is 2.91. The van der Waals surface area contributed by atoms with Gasteiger partial charge >= 0.3 is 0 Å². The van der Waals surface area contributed by atoms with Crippen LogP contribution in [0.3, 0.4) is 0 Å². The molecule has 0 aromatic heterocycles. The lowest BCUT2D eigenvalue weighted by atomic mass is 9.93. The molecule has 0 saturated heterocycles. The number of hydrogen-bond donors (Lipinski definition) is 1. The van der Waals surface area contributed by atoms with E-state index in [0.717, 1.165) is 29.5 Å². The van der Waals surface area contributed by atoms with Gasteiger partial charge in [-0.25, -0.2) is 8.42 Å². The summed E-state index contributed by atoms with van der Waals surface area (Å²) in [6.45, 7) is 3.95. The molecule has 0 unspecified atom stereocenters. The highest BCUT2D eigenvalue weighted by atomic mass is 32.2. The number of rotatable bonds is 5. The van der Waals surface area contributed by atoms with Crippen molar-refractivity contribution >= 4 is 15.7 Å². The Morgan fingerprint density at radius 1 is 1.12 bits per heavy atom. The van der Waals surface area contributed by atoms with Gasteiger partial charge in [-0.2, -0.15) is 0 Å². The van der Waals surface area contributed by atoms with Crippen molar-refractivity contribution in [2.45, 2.75) is 43.0 Å². The molecule has 1 atom stereocenters. The molecule has 2 aromatic rings. The Labute approximate surface area is 149 Å². The van der Waals surface area contributed by atoms with Crippen molar-refractivity contribution in [3.63, 3.8) is 0 Å². The Balaban J connectivity index is 1.75. The van der Waals surface area contributed by atoms with Crippen molar-refractivity contribution in [1.82, 2.24) is 5.32 Å². The summed E-state index contributed by atoms with van der Waals surface area (Å²) in [7, 11) is -3.21. The van der Waals surface area contributed by atoms with Crippen LogP contribution in [0.25, 0.3) is 0 Å². The second-order valence-corrected chi connectivity index (χ2v) is 9.00. The normalized spacial score (nSPS) is 16.9. The van der Waals surface area contributed by atoms with Crippen LogP contribution < -0.4 is 5.32 Å². The van der Waals surface area contributed by atoms with Crippen LogP contribution in [0.1, 0.15) is 42.5 Å². The molecule has 1 aliphatic carbocycles. The van der Waals surface area contributed by atoms with Crippen molar-refractivity contribution in [3.05, 3.63) is 65.2 Å². The molecule has 25 heavy (non-hydrogen) atoms. The largest absolute Gasteiger partial charge is 0.349 e. The summed E-state index contributed by atoms with van der Waals surface area (Å²) in [4.78, 5) is 13.1. The minimum absolute atomic E-state index is 0.0396. The molecule has 0 bridgehead atoms. The number of hydrogen-bond acceptors (Lipinski definition) is 3. The Kier molecular flexibility index (Phi) is 4.45. The predicted octanol–water partition coefficient (Wildman–Crippen LogP) is 3.31. The van der Waals surface area contributed by atoms with Crippen LogP contribution in [0, 0.1) is 6.92 Å². The zero-order valence-electron chi connectivity index (χ0n) is 14.7. The molecule has 1 fully saturated rings. The molecule has 4 nitrogen and oxygen atoms in total. The maximum Gasteiger partial charge on any atom is 0.231 e. The van der Waals surface area contributed by atoms with Gasteiger partial charge in [0.25, 0.3) is 0 Å². The molecule has 1 saturated carbocycles. The molecule has 3 rings (SSSR count). The van der Waals surface area contributed by atoms with E-state index in [4.69, 9.17) is 0 Å². The standard InChI is InChI=1S/C20H23NO3S/c1-14-5-4-6-17(13-14)20(11-12-20)19(22)21-15(2)16-7-9-18(10-8-16)25(3,23)24/h4-10,13,15H,11-12H2,1-3H3,(H,21,22)/t15-/m0/s1. The SMILES string of the molecule is Cc1cccc(C2(C(=O)N[C@@H](C)c3ccc(S(C)(=O)=O)cc3)CC2)c1. The van der Waals surface area contributed by atoms with E-state index in [1.807, 2.05) is 32.0 Å². The number of carbonyl (C=O) groups is 1. The highest BCUT2D eigenvalue weighted by Gasteiger charge is 2.51. The molecule has 0 heterocycles. The summed E-state index contributed by atoms with van der Waals surface area (Å²) < 4.78 is 23.1. The van der Waals surface area contributed by atoms with E-state index in [9.17, 15) is 13.2 Å². The van der Waals surface area contributed by atoms with Gasteiger partial charge in [0.2, 0.25) is 5.91 Å². The Hall–Kier alpha value is -2.14.